The Hall–Kier alpha value is -3.85. The summed E-state index contributed by atoms with van der Waals surface area (Å²) in [4.78, 5) is 30.4. The summed E-state index contributed by atoms with van der Waals surface area (Å²) in [7, 11) is 2.04. The first kappa shape index (κ1) is 22.6. The normalized spacial score (nSPS) is 19.2. The molecule has 8 nitrogen and oxygen atoms in total. The lowest BCUT2D eigenvalue weighted by molar-refractivity contribution is 0.104. The number of benzene rings is 2. The largest absolute Gasteiger partial charge is 0.487 e. The second-order valence-electron chi connectivity index (χ2n) is 9.47. The minimum Gasteiger partial charge on any atom is -0.487 e. The molecule has 2 aromatic carbocycles. The van der Waals surface area contributed by atoms with Gasteiger partial charge in [0, 0.05) is 43.5 Å². The molecule has 36 heavy (non-hydrogen) atoms. The van der Waals surface area contributed by atoms with Crippen LogP contribution in [-0.4, -0.2) is 61.9 Å². The number of anilines is 1. The molecule has 0 bridgehead atoms. The quantitative estimate of drug-likeness (QED) is 0.409. The molecule has 1 atom stereocenters. The Balaban J connectivity index is 1.41. The first-order chi connectivity index (χ1) is 17.4. The molecule has 1 fully saturated rings. The van der Waals surface area contributed by atoms with Gasteiger partial charge in [0.25, 0.3) is 0 Å². The third-order valence-corrected chi connectivity index (χ3v) is 7.06. The second-order valence-corrected chi connectivity index (χ2v) is 9.47. The minimum atomic E-state index is -0.474. The number of likely N-dealkylation sites (N-methyl/N-ethyl adjacent to an activating group) is 1. The van der Waals surface area contributed by atoms with Gasteiger partial charge in [-0.05, 0) is 50.4 Å². The fraction of sp³-hybridized carbons (Fsp3) is 0.333. The number of piperazine rings is 1. The molecule has 1 saturated heterocycles. The van der Waals surface area contributed by atoms with Crippen molar-refractivity contribution in [2.75, 3.05) is 51.5 Å². The summed E-state index contributed by atoms with van der Waals surface area (Å²) in [5.41, 5.74) is 1.39. The van der Waals surface area contributed by atoms with Gasteiger partial charge in [0.1, 0.15) is 12.3 Å². The van der Waals surface area contributed by atoms with E-state index in [-0.39, 0.29) is 29.4 Å². The summed E-state index contributed by atoms with van der Waals surface area (Å²) in [5, 5.41) is 0.240. The van der Waals surface area contributed by atoms with E-state index >= 15 is 4.39 Å². The Labute approximate surface area is 207 Å². The lowest BCUT2D eigenvalue weighted by Crippen LogP contribution is -2.45. The summed E-state index contributed by atoms with van der Waals surface area (Å²) in [6.45, 7) is 5.46. The average Bonchev–Trinajstić information content (AvgIpc) is 3.35. The smallest absolute Gasteiger partial charge is 0.231 e. The first-order valence-corrected chi connectivity index (χ1v) is 12.0. The van der Waals surface area contributed by atoms with Crippen LogP contribution in [0, 0.1) is 5.82 Å². The fourth-order valence-electron chi connectivity index (χ4n) is 4.99. The standard InChI is InChI=1S/C27H26FN3O5/c1-16-14-34-27-24-19(12-20(28)25(27)30-9-7-29(2)8-10-30)26(33)18(13-31(16)24)3-5-21(32)17-4-6-22-23(11-17)36-15-35-22/h3-6,11-13,16H,7-10,14-15H2,1-2H3/b5-3+. The third-order valence-electron chi connectivity index (χ3n) is 7.06. The van der Waals surface area contributed by atoms with Crippen LogP contribution in [0.1, 0.15) is 28.9 Å². The number of ether oxygens (including phenoxy) is 3. The van der Waals surface area contributed by atoms with E-state index in [0.29, 0.717) is 59.3 Å². The zero-order chi connectivity index (χ0) is 25.0. The van der Waals surface area contributed by atoms with E-state index < -0.39 is 5.82 Å². The molecule has 1 aromatic heterocycles. The maximum absolute atomic E-state index is 15.5. The lowest BCUT2D eigenvalue weighted by Gasteiger charge is -2.37. The van der Waals surface area contributed by atoms with Gasteiger partial charge >= 0.3 is 0 Å². The molecule has 0 spiro atoms. The van der Waals surface area contributed by atoms with Crippen molar-refractivity contribution in [3.63, 3.8) is 0 Å². The Morgan fingerprint density at radius 3 is 2.67 bits per heavy atom. The number of carbonyl (C=O) groups excluding carboxylic acids is 1. The highest BCUT2D eigenvalue weighted by atomic mass is 19.1. The zero-order valence-corrected chi connectivity index (χ0v) is 20.1. The van der Waals surface area contributed by atoms with Gasteiger partial charge in [-0.2, -0.15) is 0 Å². The fourth-order valence-corrected chi connectivity index (χ4v) is 4.99. The molecule has 9 heteroatoms. The van der Waals surface area contributed by atoms with Gasteiger partial charge in [0.2, 0.25) is 6.79 Å². The van der Waals surface area contributed by atoms with Crippen molar-refractivity contribution >= 4 is 28.4 Å². The van der Waals surface area contributed by atoms with Crippen LogP contribution in [0.25, 0.3) is 17.0 Å². The van der Waals surface area contributed by atoms with Gasteiger partial charge in [0.15, 0.2) is 34.3 Å². The number of aromatic nitrogens is 1. The molecule has 0 amide bonds. The van der Waals surface area contributed by atoms with E-state index in [9.17, 15) is 9.59 Å². The Kier molecular flexibility index (Phi) is 5.44. The van der Waals surface area contributed by atoms with Crippen LogP contribution >= 0.6 is 0 Å². The average molecular weight is 492 g/mol. The van der Waals surface area contributed by atoms with Gasteiger partial charge in [-0.25, -0.2) is 4.39 Å². The molecule has 0 N–H and O–H groups in total. The lowest BCUT2D eigenvalue weighted by atomic mass is 10.0. The number of nitrogens with zero attached hydrogens (tertiary/aromatic N) is 3. The molecule has 0 aliphatic carbocycles. The number of halogens is 1. The van der Waals surface area contributed by atoms with Crippen LogP contribution in [0.15, 0.2) is 41.3 Å². The molecular weight excluding hydrogens is 465 g/mol. The molecule has 186 valence electrons. The number of rotatable bonds is 4. The van der Waals surface area contributed by atoms with Crippen LogP contribution in [0.5, 0.6) is 17.2 Å². The Bertz CT molecular complexity index is 1470. The van der Waals surface area contributed by atoms with E-state index in [4.69, 9.17) is 14.2 Å². The summed E-state index contributed by atoms with van der Waals surface area (Å²) < 4.78 is 34.1. The molecule has 3 aromatic rings. The van der Waals surface area contributed by atoms with Crippen LogP contribution < -0.4 is 24.5 Å². The highest BCUT2D eigenvalue weighted by molar-refractivity contribution is 6.07. The van der Waals surface area contributed by atoms with Crippen LogP contribution in [0.4, 0.5) is 10.1 Å². The third kappa shape index (κ3) is 3.71. The van der Waals surface area contributed by atoms with Gasteiger partial charge in [0.05, 0.1) is 16.9 Å². The van der Waals surface area contributed by atoms with Crippen molar-refractivity contribution in [1.82, 2.24) is 9.47 Å². The topological polar surface area (TPSA) is 73.2 Å². The van der Waals surface area contributed by atoms with E-state index in [2.05, 4.69) is 4.90 Å². The van der Waals surface area contributed by atoms with Gasteiger partial charge in [-0.1, -0.05) is 0 Å². The summed E-state index contributed by atoms with van der Waals surface area (Å²) in [5.74, 6) is 0.763. The monoisotopic (exact) mass is 491 g/mol. The maximum atomic E-state index is 15.5. The molecule has 6 rings (SSSR count). The van der Waals surface area contributed by atoms with Gasteiger partial charge in [-0.3, -0.25) is 9.59 Å². The van der Waals surface area contributed by atoms with Crippen molar-refractivity contribution in [2.45, 2.75) is 13.0 Å². The SMILES string of the molecule is CC1COc2c(N3CCN(C)CC3)c(F)cc3c(=O)c(/C=C/C(=O)c4ccc5c(c4)OCO5)cn1c23. The predicted octanol–water partition coefficient (Wildman–Crippen LogP) is 3.47. The molecule has 1 unspecified atom stereocenters. The van der Waals surface area contributed by atoms with E-state index in [1.807, 2.05) is 23.4 Å². The number of hydrogen-bond acceptors (Lipinski definition) is 7. The number of allylic oxidation sites excluding steroid dienone is 1. The van der Waals surface area contributed by atoms with E-state index in [1.165, 1.54) is 18.2 Å². The predicted molar refractivity (Wildman–Crippen MR) is 134 cm³/mol. The molecule has 3 aliphatic rings. The molecule has 0 saturated carbocycles. The number of carbonyl (C=O) groups is 1. The van der Waals surface area contributed by atoms with Crippen molar-refractivity contribution in [3.8, 4) is 17.2 Å². The molecular formula is C27H26FN3O5. The van der Waals surface area contributed by atoms with E-state index in [0.717, 1.165) is 13.1 Å². The summed E-state index contributed by atoms with van der Waals surface area (Å²) in [6, 6.07) is 6.19. The Morgan fingerprint density at radius 1 is 1.08 bits per heavy atom. The number of ketones is 1. The highest BCUT2D eigenvalue weighted by Gasteiger charge is 2.30. The minimum absolute atomic E-state index is 0.0666. The van der Waals surface area contributed by atoms with Crippen molar-refractivity contribution in [2.24, 2.45) is 0 Å². The first-order valence-electron chi connectivity index (χ1n) is 12.0. The maximum Gasteiger partial charge on any atom is 0.231 e. The highest BCUT2D eigenvalue weighted by Crippen LogP contribution is 2.42. The van der Waals surface area contributed by atoms with Gasteiger partial charge < -0.3 is 28.6 Å². The van der Waals surface area contributed by atoms with Crippen LogP contribution in [0.3, 0.4) is 0 Å². The van der Waals surface area contributed by atoms with Crippen molar-refractivity contribution < 1.29 is 23.4 Å². The van der Waals surface area contributed by atoms with Crippen LogP contribution in [-0.2, 0) is 0 Å². The number of pyridine rings is 1. The Morgan fingerprint density at radius 2 is 1.86 bits per heavy atom. The number of fused-ring (bicyclic) bond motifs is 1. The molecule has 3 aliphatic heterocycles. The van der Waals surface area contributed by atoms with Gasteiger partial charge in [-0.15, -0.1) is 0 Å². The molecule has 0 radical (unpaired) electrons. The summed E-state index contributed by atoms with van der Waals surface area (Å²) in [6.07, 6.45) is 4.58. The molecule has 4 heterocycles. The van der Waals surface area contributed by atoms with Crippen molar-refractivity contribution in [3.05, 3.63) is 63.7 Å². The second kappa shape index (κ2) is 8.67. The zero-order valence-electron chi connectivity index (χ0n) is 20.1. The van der Waals surface area contributed by atoms with Crippen LogP contribution in [0.2, 0.25) is 0 Å². The summed E-state index contributed by atoms with van der Waals surface area (Å²) >= 11 is 0. The van der Waals surface area contributed by atoms with Crippen molar-refractivity contribution in [1.29, 1.82) is 0 Å². The number of hydrogen-bond donors (Lipinski definition) is 0. The van der Waals surface area contributed by atoms with E-state index in [1.54, 1.807) is 24.4 Å².